The van der Waals surface area contributed by atoms with Crippen LogP contribution < -0.4 is 10.6 Å². The van der Waals surface area contributed by atoms with Gasteiger partial charge in [0.2, 0.25) is 0 Å². The minimum atomic E-state index is 0.512. The molecule has 78 valence electrons. The molecule has 0 radical (unpaired) electrons. The number of methoxy groups -OCH3 is 1. The summed E-state index contributed by atoms with van der Waals surface area (Å²) in [7, 11) is 5.52. The van der Waals surface area contributed by atoms with Gasteiger partial charge >= 0.3 is 0 Å². The molecule has 0 atom stereocenters. The number of nitrogens with two attached hydrogens (primary N) is 1. The number of ether oxygens (including phenoxy) is 1. The lowest BCUT2D eigenvalue weighted by molar-refractivity contribution is -0.593. The van der Waals surface area contributed by atoms with E-state index in [1.54, 1.807) is 0 Å². The molecule has 1 saturated carbocycles. The average Bonchev–Trinajstić information content (AvgIpc) is 2.19. The Morgan fingerprint density at radius 2 is 2.08 bits per heavy atom. The minimum Gasteiger partial charge on any atom is -0.478 e. The topological polar surface area (TPSA) is 37.9 Å². The second-order valence-corrected chi connectivity index (χ2v) is 3.74. The van der Waals surface area contributed by atoms with Crippen LogP contribution in [-0.2, 0) is 4.74 Å². The van der Waals surface area contributed by atoms with Crippen molar-refractivity contribution in [2.24, 2.45) is 0 Å². The molecule has 13 heavy (non-hydrogen) atoms. The summed E-state index contributed by atoms with van der Waals surface area (Å²) in [6.45, 7) is 2.15. The lowest BCUT2D eigenvalue weighted by Crippen LogP contribution is -2.78. The first-order chi connectivity index (χ1) is 6.36. The first kappa shape index (κ1) is 11.0. The second-order valence-electron chi connectivity index (χ2n) is 3.74. The van der Waals surface area contributed by atoms with E-state index in [1.807, 2.05) is 12.4 Å². The van der Waals surface area contributed by atoms with E-state index in [-0.39, 0.29) is 0 Å². The minimum absolute atomic E-state index is 0.512. The smallest absolute Gasteiger partial charge is 0.0642 e. The molecule has 0 aliphatic heterocycles. The van der Waals surface area contributed by atoms with E-state index in [2.05, 4.69) is 12.4 Å². The number of rotatable bonds is 5. The number of hydrogen-bond donors (Lipinski definition) is 2. The average molecular weight is 186 g/mol. The van der Waals surface area contributed by atoms with E-state index >= 15 is 0 Å². The van der Waals surface area contributed by atoms with Crippen molar-refractivity contribution in [1.82, 2.24) is 5.32 Å². The lowest BCUT2D eigenvalue weighted by atomic mass is 9.93. The quantitative estimate of drug-likeness (QED) is 0.464. The Labute approximate surface area is 81.2 Å². The summed E-state index contributed by atoms with van der Waals surface area (Å²) in [5, 5.41) is 5.51. The Balaban J connectivity index is 2.03. The molecular weight excluding hydrogens is 164 g/mol. The molecule has 0 amide bonds. The SMILES string of the molecule is [CH2-][NH2+]CCN[C@H]1CC[C@H](OC)CC1. The third-order valence-corrected chi connectivity index (χ3v) is 2.79. The molecule has 0 unspecified atom stereocenters. The van der Waals surface area contributed by atoms with Gasteiger partial charge < -0.3 is 15.4 Å². The van der Waals surface area contributed by atoms with Crippen molar-refractivity contribution in [3.63, 3.8) is 0 Å². The highest BCUT2D eigenvalue weighted by Gasteiger charge is 2.19. The third-order valence-electron chi connectivity index (χ3n) is 2.79. The number of hydrogen-bond acceptors (Lipinski definition) is 2. The van der Waals surface area contributed by atoms with Gasteiger partial charge in [0.25, 0.3) is 0 Å². The fourth-order valence-corrected chi connectivity index (χ4v) is 1.89. The van der Waals surface area contributed by atoms with Gasteiger partial charge in [-0.05, 0) is 25.7 Å². The van der Waals surface area contributed by atoms with Crippen molar-refractivity contribution in [3.8, 4) is 0 Å². The maximum absolute atomic E-state index is 5.32. The third kappa shape index (κ3) is 4.07. The molecule has 0 aromatic rings. The van der Waals surface area contributed by atoms with Gasteiger partial charge in [-0.1, -0.05) is 0 Å². The highest BCUT2D eigenvalue weighted by atomic mass is 16.5. The van der Waals surface area contributed by atoms with Crippen LogP contribution in [0.25, 0.3) is 0 Å². The maximum atomic E-state index is 5.32. The van der Waals surface area contributed by atoms with Crippen LogP contribution >= 0.6 is 0 Å². The Morgan fingerprint density at radius 1 is 1.38 bits per heavy atom. The van der Waals surface area contributed by atoms with Gasteiger partial charge in [-0.3, -0.25) is 0 Å². The zero-order chi connectivity index (χ0) is 9.52. The molecule has 1 fully saturated rings. The van der Waals surface area contributed by atoms with E-state index in [4.69, 9.17) is 4.74 Å². The standard InChI is InChI=1S/C10H22N2O/c1-11-7-8-12-9-3-5-10(13-2)6-4-9/h9-10,12H,1,3-8,11H2,2H3/t9-,10-. The summed E-state index contributed by atoms with van der Waals surface area (Å²) in [5.74, 6) is 0. The lowest BCUT2D eigenvalue weighted by Gasteiger charge is -2.28. The van der Waals surface area contributed by atoms with E-state index in [1.165, 1.54) is 25.7 Å². The van der Waals surface area contributed by atoms with Crippen LogP contribution in [0.1, 0.15) is 25.7 Å². The summed E-state index contributed by atoms with van der Waals surface area (Å²) in [5.41, 5.74) is 0. The highest BCUT2D eigenvalue weighted by Crippen LogP contribution is 2.20. The van der Waals surface area contributed by atoms with Crippen molar-refractivity contribution in [3.05, 3.63) is 7.05 Å². The van der Waals surface area contributed by atoms with Gasteiger partial charge in [-0.25, -0.2) is 0 Å². The molecule has 1 aliphatic rings. The molecule has 0 spiro atoms. The zero-order valence-corrected chi connectivity index (χ0v) is 8.59. The van der Waals surface area contributed by atoms with Crippen LogP contribution in [0.4, 0.5) is 0 Å². The molecule has 0 bridgehead atoms. The zero-order valence-electron chi connectivity index (χ0n) is 8.59. The van der Waals surface area contributed by atoms with Crippen LogP contribution in [0, 0.1) is 7.05 Å². The first-order valence-electron chi connectivity index (χ1n) is 5.24. The largest absolute Gasteiger partial charge is 0.478 e. The first-order valence-corrected chi connectivity index (χ1v) is 5.24. The number of nitrogens with one attached hydrogen (secondary N) is 1. The predicted octanol–water partition coefficient (Wildman–Crippen LogP) is -0.111. The predicted molar refractivity (Wildman–Crippen MR) is 53.2 cm³/mol. The molecule has 1 rings (SSSR count). The van der Waals surface area contributed by atoms with Gasteiger partial charge in [-0.2, -0.15) is 7.05 Å². The van der Waals surface area contributed by atoms with E-state index in [0.29, 0.717) is 12.1 Å². The Kier molecular flexibility index (Phi) is 5.35. The van der Waals surface area contributed by atoms with Crippen molar-refractivity contribution in [2.75, 3.05) is 20.2 Å². The molecular formula is C10H22N2O. The highest BCUT2D eigenvalue weighted by molar-refractivity contribution is 4.76. The Morgan fingerprint density at radius 3 is 2.62 bits per heavy atom. The van der Waals surface area contributed by atoms with Gasteiger partial charge in [0, 0.05) is 19.7 Å². The van der Waals surface area contributed by atoms with Gasteiger partial charge in [-0.15, -0.1) is 0 Å². The van der Waals surface area contributed by atoms with E-state index in [0.717, 1.165) is 13.1 Å². The fourth-order valence-electron chi connectivity index (χ4n) is 1.89. The summed E-state index contributed by atoms with van der Waals surface area (Å²) >= 11 is 0. The van der Waals surface area contributed by atoms with Crippen LogP contribution in [0.3, 0.4) is 0 Å². The van der Waals surface area contributed by atoms with Gasteiger partial charge in [0.15, 0.2) is 0 Å². The van der Waals surface area contributed by atoms with E-state index < -0.39 is 0 Å². The molecule has 0 aromatic heterocycles. The number of quaternary nitrogens is 1. The second kappa shape index (κ2) is 6.35. The summed E-state index contributed by atoms with van der Waals surface area (Å²) in [6.07, 6.45) is 5.45. The van der Waals surface area contributed by atoms with Crippen LogP contribution in [0.2, 0.25) is 0 Å². The van der Waals surface area contributed by atoms with Crippen molar-refractivity contribution in [1.29, 1.82) is 0 Å². The fraction of sp³-hybridized carbons (Fsp3) is 0.900. The maximum Gasteiger partial charge on any atom is 0.0642 e. The molecule has 3 nitrogen and oxygen atoms in total. The van der Waals surface area contributed by atoms with Crippen molar-refractivity contribution < 1.29 is 10.1 Å². The molecule has 3 N–H and O–H groups in total. The molecule has 1 aliphatic carbocycles. The summed E-state index contributed by atoms with van der Waals surface area (Å²) in [4.78, 5) is 0. The summed E-state index contributed by atoms with van der Waals surface area (Å²) in [6, 6.07) is 0.714. The Hall–Kier alpha value is -0.120. The summed E-state index contributed by atoms with van der Waals surface area (Å²) < 4.78 is 5.32. The van der Waals surface area contributed by atoms with Gasteiger partial charge in [0.05, 0.1) is 12.6 Å². The molecule has 0 aromatic carbocycles. The molecule has 0 saturated heterocycles. The monoisotopic (exact) mass is 186 g/mol. The molecule has 3 heteroatoms. The van der Waals surface area contributed by atoms with Gasteiger partial charge in [0.1, 0.15) is 0 Å². The van der Waals surface area contributed by atoms with Crippen LogP contribution in [0.5, 0.6) is 0 Å². The van der Waals surface area contributed by atoms with E-state index in [9.17, 15) is 0 Å². The molecule has 0 heterocycles. The van der Waals surface area contributed by atoms with Crippen LogP contribution in [0.15, 0.2) is 0 Å². The Bertz CT molecular complexity index is 119. The van der Waals surface area contributed by atoms with Crippen LogP contribution in [-0.4, -0.2) is 32.3 Å². The van der Waals surface area contributed by atoms with Crippen molar-refractivity contribution >= 4 is 0 Å². The normalized spacial score (nSPS) is 29.1. The van der Waals surface area contributed by atoms with Crippen molar-refractivity contribution in [2.45, 2.75) is 37.8 Å².